The highest BCUT2D eigenvalue weighted by molar-refractivity contribution is 5.94. The van der Waals surface area contributed by atoms with Gasteiger partial charge < -0.3 is 5.32 Å². The number of nitrogens with zero attached hydrogens (tertiary/aromatic N) is 2. The van der Waals surface area contributed by atoms with E-state index >= 15 is 0 Å². The number of H-pyrrole nitrogens is 1. The van der Waals surface area contributed by atoms with Crippen LogP contribution in [0.3, 0.4) is 0 Å². The van der Waals surface area contributed by atoms with Gasteiger partial charge in [-0.3, -0.25) is 9.89 Å². The molecule has 2 rings (SSSR count). The van der Waals surface area contributed by atoms with Crippen LogP contribution in [0.1, 0.15) is 16.2 Å². The summed E-state index contributed by atoms with van der Waals surface area (Å²) >= 11 is 0. The van der Waals surface area contributed by atoms with Crippen molar-refractivity contribution in [1.29, 1.82) is 0 Å². The highest BCUT2D eigenvalue weighted by Gasteiger charge is 2.08. The number of rotatable bonds is 4. The first-order chi connectivity index (χ1) is 8.65. The van der Waals surface area contributed by atoms with Gasteiger partial charge in [-0.25, -0.2) is 13.8 Å². The summed E-state index contributed by atoms with van der Waals surface area (Å²) in [4.78, 5) is 15.5. The van der Waals surface area contributed by atoms with Crippen molar-refractivity contribution in [3.8, 4) is 0 Å². The van der Waals surface area contributed by atoms with Crippen molar-refractivity contribution in [3.05, 3.63) is 47.5 Å². The molecule has 94 valence electrons. The Hall–Kier alpha value is -2.31. The Morgan fingerprint density at radius 3 is 2.61 bits per heavy atom. The molecule has 0 radical (unpaired) electrons. The van der Waals surface area contributed by atoms with Crippen LogP contribution in [0.15, 0.2) is 24.5 Å². The third kappa shape index (κ3) is 3.09. The molecule has 2 N–H and O–H groups in total. The summed E-state index contributed by atoms with van der Waals surface area (Å²) in [5, 5.41) is 8.82. The van der Waals surface area contributed by atoms with E-state index in [1.807, 2.05) is 0 Å². The second kappa shape index (κ2) is 5.35. The van der Waals surface area contributed by atoms with Crippen LogP contribution in [0, 0.1) is 11.6 Å². The average Bonchev–Trinajstić information content (AvgIpc) is 2.80. The lowest BCUT2D eigenvalue weighted by atomic mass is 10.2. The first-order valence-corrected chi connectivity index (χ1v) is 5.23. The van der Waals surface area contributed by atoms with Crippen molar-refractivity contribution in [2.24, 2.45) is 0 Å². The molecule has 0 aliphatic heterocycles. The summed E-state index contributed by atoms with van der Waals surface area (Å²) < 4.78 is 25.8. The fourth-order valence-corrected chi connectivity index (χ4v) is 1.43. The van der Waals surface area contributed by atoms with Crippen LogP contribution in [0.5, 0.6) is 0 Å². The Labute approximate surface area is 101 Å². The number of carbonyl (C=O) groups excluding carboxylic acids is 1. The van der Waals surface area contributed by atoms with Crippen LogP contribution in [0.2, 0.25) is 0 Å². The van der Waals surface area contributed by atoms with E-state index in [2.05, 4.69) is 20.5 Å². The summed E-state index contributed by atoms with van der Waals surface area (Å²) in [5.41, 5.74) is -0.0509. The minimum absolute atomic E-state index is 0.0509. The number of aromatic amines is 1. The number of nitrogens with one attached hydrogen (secondary N) is 2. The van der Waals surface area contributed by atoms with Crippen molar-refractivity contribution in [3.63, 3.8) is 0 Å². The molecule has 0 fully saturated rings. The molecule has 5 nitrogen and oxygen atoms in total. The third-order valence-corrected chi connectivity index (χ3v) is 2.24. The van der Waals surface area contributed by atoms with Gasteiger partial charge in [-0.05, 0) is 12.1 Å². The Bertz CT molecular complexity index is 522. The van der Waals surface area contributed by atoms with E-state index in [-0.39, 0.29) is 5.56 Å². The van der Waals surface area contributed by atoms with Gasteiger partial charge in [0.2, 0.25) is 0 Å². The summed E-state index contributed by atoms with van der Waals surface area (Å²) in [5.74, 6) is -1.47. The fourth-order valence-electron chi connectivity index (χ4n) is 1.43. The van der Waals surface area contributed by atoms with Crippen LogP contribution < -0.4 is 5.32 Å². The molecule has 2 aromatic rings. The van der Waals surface area contributed by atoms with Gasteiger partial charge in [0.05, 0.1) is 0 Å². The monoisotopic (exact) mass is 252 g/mol. The summed E-state index contributed by atoms with van der Waals surface area (Å²) in [6.45, 7) is 0.298. The number of hydrogen-bond donors (Lipinski definition) is 2. The number of carbonyl (C=O) groups is 1. The zero-order chi connectivity index (χ0) is 13.0. The van der Waals surface area contributed by atoms with E-state index in [4.69, 9.17) is 0 Å². The summed E-state index contributed by atoms with van der Waals surface area (Å²) in [7, 11) is 0. The smallest absolute Gasteiger partial charge is 0.251 e. The van der Waals surface area contributed by atoms with Crippen molar-refractivity contribution < 1.29 is 13.6 Å². The van der Waals surface area contributed by atoms with Gasteiger partial charge in [0.15, 0.2) is 0 Å². The fraction of sp³-hybridized carbons (Fsp3) is 0.182. The molecule has 7 heteroatoms. The van der Waals surface area contributed by atoms with E-state index in [1.165, 1.54) is 6.33 Å². The number of benzene rings is 1. The largest absolute Gasteiger partial charge is 0.352 e. The van der Waals surface area contributed by atoms with Gasteiger partial charge in [0, 0.05) is 24.6 Å². The lowest BCUT2D eigenvalue weighted by Gasteiger charge is -2.04. The summed E-state index contributed by atoms with van der Waals surface area (Å²) in [6.07, 6.45) is 1.82. The highest BCUT2D eigenvalue weighted by atomic mass is 19.1. The van der Waals surface area contributed by atoms with Crippen LogP contribution in [0.25, 0.3) is 0 Å². The van der Waals surface area contributed by atoms with Crippen LogP contribution in [0.4, 0.5) is 8.78 Å². The molecule has 0 aliphatic rings. The average molecular weight is 252 g/mol. The Morgan fingerprint density at radius 2 is 2.00 bits per heavy atom. The number of amides is 1. The Kier molecular flexibility index (Phi) is 3.61. The lowest BCUT2D eigenvalue weighted by molar-refractivity contribution is 0.0953. The first kappa shape index (κ1) is 12.2. The van der Waals surface area contributed by atoms with Gasteiger partial charge in [-0.1, -0.05) is 0 Å². The van der Waals surface area contributed by atoms with E-state index in [1.54, 1.807) is 0 Å². The Morgan fingerprint density at radius 1 is 1.28 bits per heavy atom. The van der Waals surface area contributed by atoms with E-state index in [0.29, 0.717) is 24.9 Å². The molecule has 1 aromatic carbocycles. The molecule has 1 aromatic heterocycles. The maximum atomic E-state index is 12.9. The van der Waals surface area contributed by atoms with Gasteiger partial charge in [0.25, 0.3) is 5.91 Å². The first-order valence-electron chi connectivity index (χ1n) is 5.23. The van der Waals surface area contributed by atoms with Crippen molar-refractivity contribution in [2.45, 2.75) is 6.42 Å². The van der Waals surface area contributed by atoms with E-state index in [0.717, 1.165) is 12.1 Å². The number of halogens is 2. The van der Waals surface area contributed by atoms with Gasteiger partial charge in [-0.15, -0.1) is 0 Å². The molecule has 1 amide bonds. The van der Waals surface area contributed by atoms with Crippen molar-refractivity contribution in [2.75, 3.05) is 6.54 Å². The van der Waals surface area contributed by atoms with Gasteiger partial charge >= 0.3 is 0 Å². The second-order valence-corrected chi connectivity index (χ2v) is 3.60. The molecule has 0 bridgehead atoms. The van der Waals surface area contributed by atoms with Crippen LogP contribution in [-0.2, 0) is 6.42 Å². The predicted molar refractivity (Wildman–Crippen MR) is 58.8 cm³/mol. The molecule has 0 saturated heterocycles. The minimum atomic E-state index is -0.782. The molecule has 0 aliphatic carbocycles. The Balaban J connectivity index is 1.91. The summed E-state index contributed by atoms with van der Waals surface area (Å²) in [6, 6.07) is 2.67. The third-order valence-electron chi connectivity index (χ3n) is 2.24. The van der Waals surface area contributed by atoms with Crippen molar-refractivity contribution >= 4 is 5.91 Å². The molecule has 0 spiro atoms. The molecule has 0 saturated carbocycles. The molecule has 0 atom stereocenters. The second-order valence-electron chi connectivity index (χ2n) is 3.60. The maximum Gasteiger partial charge on any atom is 0.251 e. The SMILES string of the molecule is O=C(NCCc1ncn[nH]1)c1cc(F)cc(F)c1. The highest BCUT2D eigenvalue weighted by Crippen LogP contribution is 2.07. The molecule has 1 heterocycles. The van der Waals surface area contributed by atoms with Crippen LogP contribution >= 0.6 is 0 Å². The number of aromatic nitrogens is 3. The standard InChI is InChI=1S/C11H10F2N4O/c12-8-3-7(4-9(13)5-8)11(18)14-2-1-10-15-6-16-17-10/h3-6H,1-2H2,(H,14,18)(H,15,16,17). The zero-order valence-corrected chi connectivity index (χ0v) is 9.28. The van der Waals surface area contributed by atoms with Gasteiger partial charge in [0.1, 0.15) is 23.8 Å². The quantitative estimate of drug-likeness (QED) is 0.854. The maximum absolute atomic E-state index is 12.9. The van der Waals surface area contributed by atoms with E-state index in [9.17, 15) is 13.6 Å². The van der Waals surface area contributed by atoms with E-state index < -0.39 is 17.5 Å². The van der Waals surface area contributed by atoms with Crippen LogP contribution in [-0.4, -0.2) is 27.6 Å². The zero-order valence-electron chi connectivity index (χ0n) is 9.28. The predicted octanol–water partition coefficient (Wildman–Crippen LogP) is 1.06. The van der Waals surface area contributed by atoms with Crippen molar-refractivity contribution in [1.82, 2.24) is 20.5 Å². The molecular formula is C11H10F2N4O. The minimum Gasteiger partial charge on any atom is -0.352 e. The molecule has 18 heavy (non-hydrogen) atoms. The topological polar surface area (TPSA) is 70.7 Å². The lowest BCUT2D eigenvalue weighted by Crippen LogP contribution is -2.26. The number of hydrogen-bond acceptors (Lipinski definition) is 3. The normalized spacial score (nSPS) is 10.3. The molecular weight excluding hydrogens is 242 g/mol. The van der Waals surface area contributed by atoms with Gasteiger partial charge in [-0.2, -0.15) is 5.10 Å². The molecule has 0 unspecified atom stereocenters.